The molecule has 2 saturated heterocycles. The Labute approximate surface area is 160 Å². The quantitative estimate of drug-likeness (QED) is 0.840. The molecule has 136 valence electrons. The molecule has 3 fully saturated rings. The number of nitrogens with zero attached hydrogens (tertiary/aromatic N) is 2. The van der Waals surface area contributed by atoms with Crippen LogP contribution in [0.2, 0.25) is 0 Å². The summed E-state index contributed by atoms with van der Waals surface area (Å²) in [4.78, 5) is 17.3. The van der Waals surface area contributed by atoms with E-state index >= 15 is 0 Å². The third kappa shape index (κ3) is 4.01. The van der Waals surface area contributed by atoms with Crippen LogP contribution in [0.4, 0.5) is 5.00 Å². The van der Waals surface area contributed by atoms with Gasteiger partial charge in [-0.05, 0) is 42.7 Å². The predicted octanol–water partition coefficient (Wildman–Crippen LogP) is 3.16. The lowest BCUT2D eigenvalue weighted by atomic mass is 9.85. The smallest absolute Gasteiger partial charge is 0.239 e. The SMILES string of the molecule is Cl.Cl.O=C(C1CC2CCCCC2N1)N1CCN(c2cccs2)CC1. The highest BCUT2D eigenvalue weighted by Crippen LogP contribution is 2.34. The average Bonchev–Trinajstić information content (AvgIpc) is 3.23. The minimum Gasteiger partial charge on any atom is -0.360 e. The summed E-state index contributed by atoms with van der Waals surface area (Å²) in [6.45, 7) is 3.66. The first-order valence-corrected chi connectivity index (χ1v) is 9.52. The van der Waals surface area contributed by atoms with Gasteiger partial charge in [-0.25, -0.2) is 0 Å². The molecule has 7 heteroatoms. The number of carbonyl (C=O) groups excluding carboxylic acids is 1. The lowest BCUT2D eigenvalue weighted by Crippen LogP contribution is -2.53. The molecule has 1 aliphatic carbocycles. The molecule has 4 nitrogen and oxygen atoms in total. The van der Waals surface area contributed by atoms with E-state index in [-0.39, 0.29) is 30.9 Å². The van der Waals surface area contributed by atoms with Crippen LogP contribution in [0, 0.1) is 5.92 Å². The van der Waals surface area contributed by atoms with Gasteiger partial charge in [0.15, 0.2) is 0 Å². The Kier molecular flexibility index (Phi) is 7.23. The van der Waals surface area contributed by atoms with Crippen molar-refractivity contribution in [3.63, 3.8) is 0 Å². The van der Waals surface area contributed by atoms with Gasteiger partial charge in [0.05, 0.1) is 11.0 Å². The standard InChI is InChI=1S/C17H25N3OS.2ClH/c21-17(15-12-13-4-1-2-5-14(13)18-15)20-9-7-19(8-10-20)16-6-3-11-22-16;;/h3,6,11,13-15,18H,1-2,4-5,7-10,12H2;2*1H. The van der Waals surface area contributed by atoms with Gasteiger partial charge >= 0.3 is 0 Å². The Hall–Kier alpha value is -0.490. The number of hydrogen-bond donors (Lipinski definition) is 1. The van der Waals surface area contributed by atoms with Crippen LogP contribution < -0.4 is 10.2 Å². The summed E-state index contributed by atoms with van der Waals surface area (Å²) in [7, 11) is 0. The van der Waals surface area contributed by atoms with Crippen LogP contribution in [0.1, 0.15) is 32.1 Å². The number of piperazine rings is 1. The Morgan fingerprint density at radius 2 is 1.88 bits per heavy atom. The summed E-state index contributed by atoms with van der Waals surface area (Å²) < 4.78 is 0. The van der Waals surface area contributed by atoms with Gasteiger partial charge in [0.2, 0.25) is 5.91 Å². The summed E-state index contributed by atoms with van der Waals surface area (Å²) in [6.07, 6.45) is 6.32. The number of hydrogen-bond acceptors (Lipinski definition) is 4. The molecule has 0 radical (unpaired) electrons. The minimum atomic E-state index is 0. The van der Waals surface area contributed by atoms with Crippen molar-refractivity contribution in [2.24, 2.45) is 5.92 Å². The highest BCUT2D eigenvalue weighted by atomic mass is 35.5. The summed E-state index contributed by atoms with van der Waals surface area (Å²) in [6, 6.07) is 4.96. The number of amides is 1. The summed E-state index contributed by atoms with van der Waals surface area (Å²) in [5, 5.41) is 7.08. The van der Waals surface area contributed by atoms with E-state index in [4.69, 9.17) is 0 Å². The van der Waals surface area contributed by atoms with Crippen LogP contribution in [0.3, 0.4) is 0 Å². The lowest BCUT2D eigenvalue weighted by molar-refractivity contribution is -0.133. The number of nitrogens with one attached hydrogen (secondary N) is 1. The lowest BCUT2D eigenvalue weighted by Gasteiger charge is -2.36. The molecule has 0 bridgehead atoms. The maximum absolute atomic E-state index is 12.8. The largest absolute Gasteiger partial charge is 0.360 e. The fourth-order valence-corrected chi connectivity index (χ4v) is 5.11. The van der Waals surface area contributed by atoms with Gasteiger partial charge in [-0.2, -0.15) is 0 Å². The zero-order chi connectivity index (χ0) is 14.9. The van der Waals surface area contributed by atoms with Crippen LogP contribution in [-0.4, -0.2) is 49.1 Å². The van der Waals surface area contributed by atoms with Crippen LogP contribution in [0.25, 0.3) is 0 Å². The van der Waals surface area contributed by atoms with E-state index in [0.717, 1.165) is 38.5 Å². The van der Waals surface area contributed by atoms with Crippen molar-refractivity contribution < 1.29 is 4.79 Å². The Morgan fingerprint density at radius 3 is 2.54 bits per heavy atom. The van der Waals surface area contributed by atoms with Gasteiger partial charge in [0, 0.05) is 32.2 Å². The molecule has 2 aliphatic heterocycles. The molecule has 0 spiro atoms. The first kappa shape index (κ1) is 19.8. The summed E-state index contributed by atoms with van der Waals surface area (Å²) in [5.74, 6) is 1.09. The van der Waals surface area contributed by atoms with Crippen molar-refractivity contribution in [3.8, 4) is 0 Å². The molecule has 1 aromatic heterocycles. The van der Waals surface area contributed by atoms with Gasteiger partial charge in [-0.15, -0.1) is 36.2 Å². The highest BCUT2D eigenvalue weighted by Gasteiger charge is 2.40. The van der Waals surface area contributed by atoms with Crippen LogP contribution in [0.5, 0.6) is 0 Å². The molecule has 3 unspecified atom stereocenters. The molecule has 1 N–H and O–H groups in total. The van der Waals surface area contributed by atoms with Crippen molar-refractivity contribution in [2.75, 3.05) is 31.1 Å². The van der Waals surface area contributed by atoms with E-state index in [1.165, 1.54) is 30.7 Å². The number of rotatable bonds is 2. The average molecular weight is 392 g/mol. The first-order chi connectivity index (χ1) is 10.8. The fraction of sp³-hybridized carbons (Fsp3) is 0.706. The molecule has 1 aromatic rings. The number of thiophene rings is 1. The zero-order valence-corrected chi connectivity index (χ0v) is 16.3. The second kappa shape index (κ2) is 8.75. The first-order valence-electron chi connectivity index (χ1n) is 8.64. The second-order valence-corrected chi connectivity index (χ2v) is 7.80. The van der Waals surface area contributed by atoms with Crippen molar-refractivity contribution in [1.82, 2.24) is 10.2 Å². The highest BCUT2D eigenvalue weighted by molar-refractivity contribution is 7.14. The molecule has 4 rings (SSSR count). The molecule has 1 saturated carbocycles. The van der Waals surface area contributed by atoms with Crippen LogP contribution in [-0.2, 0) is 4.79 Å². The third-order valence-corrected chi connectivity index (χ3v) is 6.50. The Bertz CT molecular complexity index is 506. The second-order valence-electron chi connectivity index (χ2n) is 6.87. The number of fused-ring (bicyclic) bond motifs is 1. The Balaban J connectivity index is 0.00000104. The van der Waals surface area contributed by atoms with Gasteiger partial charge in [0.1, 0.15) is 0 Å². The number of halogens is 2. The van der Waals surface area contributed by atoms with E-state index in [1.807, 2.05) is 0 Å². The van der Waals surface area contributed by atoms with E-state index in [1.54, 1.807) is 11.3 Å². The monoisotopic (exact) mass is 391 g/mol. The van der Waals surface area contributed by atoms with Gasteiger partial charge in [-0.1, -0.05) is 12.8 Å². The zero-order valence-electron chi connectivity index (χ0n) is 13.9. The van der Waals surface area contributed by atoms with Gasteiger partial charge in [-0.3, -0.25) is 4.79 Å². The molecule has 3 atom stereocenters. The molecular formula is C17H27Cl2N3OS. The topological polar surface area (TPSA) is 35.6 Å². The predicted molar refractivity (Wildman–Crippen MR) is 105 cm³/mol. The Morgan fingerprint density at radius 1 is 1.12 bits per heavy atom. The molecule has 3 heterocycles. The summed E-state index contributed by atoms with van der Waals surface area (Å²) >= 11 is 1.79. The van der Waals surface area contributed by atoms with Crippen molar-refractivity contribution >= 4 is 47.1 Å². The number of anilines is 1. The van der Waals surface area contributed by atoms with Crippen molar-refractivity contribution in [2.45, 2.75) is 44.2 Å². The van der Waals surface area contributed by atoms with E-state index in [0.29, 0.717) is 11.9 Å². The molecular weight excluding hydrogens is 365 g/mol. The molecule has 24 heavy (non-hydrogen) atoms. The molecule has 0 aromatic carbocycles. The van der Waals surface area contributed by atoms with Gasteiger partial charge < -0.3 is 15.1 Å². The minimum absolute atomic E-state index is 0. The van der Waals surface area contributed by atoms with Crippen LogP contribution in [0.15, 0.2) is 17.5 Å². The maximum atomic E-state index is 12.8. The van der Waals surface area contributed by atoms with E-state index < -0.39 is 0 Å². The van der Waals surface area contributed by atoms with Crippen molar-refractivity contribution in [1.29, 1.82) is 0 Å². The van der Waals surface area contributed by atoms with E-state index in [9.17, 15) is 4.79 Å². The van der Waals surface area contributed by atoms with Crippen LogP contribution >= 0.6 is 36.2 Å². The van der Waals surface area contributed by atoms with Crippen molar-refractivity contribution in [3.05, 3.63) is 17.5 Å². The molecule has 1 amide bonds. The number of carbonyl (C=O) groups is 1. The normalized spacial score (nSPS) is 29.4. The van der Waals surface area contributed by atoms with Gasteiger partial charge in [0.25, 0.3) is 0 Å². The third-order valence-electron chi connectivity index (χ3n) is 5.57. The molecule has 3 aliphatic rings. The van der Waals surface area contributed by atoms with E-state index in [2.05, 4.69) is 32.6 Å². The summed E-state index contributed by atoms with van der Waals surface area (Å²) in [5.41, 5.74) is 0. The maximum Gasteiger partial charge on any atom is 0.239 e. The fourth-order valence-electron chi connectivity index (χ4n) is 4.33.